The van der Waals surface area contributed by atoms with Crippen molar-refractivity contribution in [2.75, 3.05) is 0 Å². The molecule has 0 radical (unpaired) electrons. The predicted octanol–water partition coefficient (Wildman–Crippen LogP) is 4.23. The number of non-ortho nitro benzene ring substituents is 1. The molecule has 0 atom stereocenters. The lowest BCUT2D eigenvalue weighted by atomic mass is 10.2. The van der Waals surface area contributed by atoms with E-state index in [2.05, 4.69) is 10.5 Å². The van der Waals surface area contributed by atoms with Crippen LogP contribution in [-0.2, 0) is 0 Å². The fraction of sp³-hybridized carbons (Fsp3) is 0. The topological polar surface area (TPSA) is 111 Å². The summed E-state index contributed by atoms with van der Waals surface area (Å²) in [5.74, 6) is -0.751. The molecule has 0 aromatic heterocycles. The summed E-state index contributed by atoms with van der Waals surface area (Å²) >= 11 is 5.80. The SMILES string of the molecule is O=C(NN=Cc1cccc(OC(=O)c2ccc(Cl)cc2)c1)c1ccc([N+](=O)[O-])cc1. The Morgan fingerprint density at radius 2 is 1.67 bits per heavy atom. The van der Waals surface area contributed by atoms with Crippen LogP contribution in [-0.4, -0.2) is 23.0 Å². The van der Waals surface area contributed by atoms with E-state index in [0.717, 1.165) is 0 Å². The molecule has 1 N–H and O–H groups in total. The second kappa shape index (κ2) is 9.44. The lowest BCUT2D eigenvalue weighted by Crippen LogP contribution is -2.17. The molecule has 0 saturated heterocycles. The van der Waals surface area contributed by atoms with Crippen LogP contribution < -0.4 is 10.2 Å². The van der Waals surface area contributed by atoms with Gasteiger partial charge in [-0.25, -0.2) is 10.2 Å². The molecule has 0 saturated carbocycles. The Morgan fingerprint density at radius 1 is 1.00 bits per heavy atom. The van der Waals surface area contributed by atoms with Crippen LogP contribution in [0.5, 0.6) is 5.75 Å². The van der Waals surface area contributed by atoms with Gasteiger partial charge in [0.1, 0.15) is 5.75 Å². The molecule has 0 spiro atoms. The number of esters is 1. The van der Waals surface area contributed by atoms with Crippen LogP contribution in [0.2, 0.25) is 5.02 Å². The number of carbonyl (C=O) groups is 2. The van der Waals surface area contributed by atoms with E-state index in [1.165, 1.54) is 30.5 Å². The van der Waals surface area contributed by atoms with Crippen molar-refractivity contribution >= 4 is 35.4 Å². The highest BCUT2D eigenvalue weighted by molar-refractivity contribution is 6.30. The molecule has 150 valence electrons. The number of nitrogens with one attached hydrogen (secondary N) is 1. The first kappa shape index (κ1) is 20.7. The Kier molecular flexibility index (Phi) is 6.51. The van der Waals surface area contributed by atoms with Crippen LogP contribution in [0, 0.1) is 10.1 Å². The molecule has 0 fully saturated rings. The molecule has 9 heteroatoms. The first-order chi connectivity index (χ1) is 14.4. The molecule has 0 aliphatic carbocycles. The van der Waals surface area contributed by atoms with E-state index in [-0.39, 0.29) is 11.3 Å². The Labute approximate surface area is 175 Å². The summed E-state index contributed by atoms with van der Waals surface area (Å²) in [4.78, 5) is 34.3. The van der Waals surface area contributed by atoms with Crippen molar-refractivity contribution in [1.82, 2.24) is 5.43 Å². The number of benzene rings is 3. The maximum Gasteiger partial charge on any atom is 0.343 e. The average Bonchev–Trinajstić information content (AvgIpc) is 2.74. The maximum absolute atomic E-state index is 12.2. The lowest BCUT2D eigenvalue weighted by Gasteiger charge is -2.05. The second-order valence-electron chi connectivity index (χ2n) is 5.97. The third-order valence-electron chi connectivity index (χ3n) is 3.87. The molecule has 30 heavy (non-hydrogen) atoms. The summed E-state index contributed by atoms with van der Waals surface area (Å²) in [5.41, 5.74) is 3.38. The van der Waals surface area contributed by atoms with Gasteiger partial charge in [0.25, 0.3) is 11.6 Å². The van der Waals surface area contributed by atoms with Crippen molar-refractivity contribution in [3.8, 4) is 5.75 Å². The molecule has 1 amide bonds. The number of hydrogen-bond donors (Lipinski definition) is 1. The lowest BCUT2D eigenvalue weighted by molar-refractivity contribution is -0.384. The number of nitro groups is 1. The number of halogens is 1. The fourth-order valence-electron chi connectivity index (χ4n) is 2.37. The summed E-state index contributed by atoms with van der Waals surface area (Å²) in [5, 5.41) is 15.0. The number of nitro benzene ring substituents is 1. The molecule has 0 unspecified atom stereocenters. The van der Waals surface area contributed by atoms with Crippen LogP contribution in [0.15, 0.2) is 77.9 Å². The summed E-state index contributed by atoms with van der Waals surface area (Å²) in [6.07, 6.45) is 1.38. The standard InChI is InChI=1S/C21H14ClN3O5/c22-17-8-4-16(5-9-17)21(27)30-19-3-1-2-14(12-19)13-23-24-20(26)15-6-10-18(11-7-15)25(28)29/h1-13H,(H,24,26). The number of amides is 1. The third-order valence-corrected chi connectivity index (χ3v) is 4.12. The number of rotatable bonds is 6. The number of ether oxygens (including phenoxy) is 1. The van der Waals surface area contributed by atoms with Crippen LogP contribution in [0.25, 0.3) is 0 Å². The van der Waals surface area contributed by atoms with Crippen LogP contribution in [0.1, 0.15) is 26.3 Å². The molecule has 0 bridgehead atoms. The highest BCUT2D eigenvalue weighted by Gasteiger charge is 2.10. The van der Waals surface area contributed by atoms with Crippen molar-refractivity contribution in [3.63, 3.8) is 0 Å². The van der Waals surface area contributed by atoms with Gasteiger partial charge in [-0.1, -0.05) is 23.7 Å². The second-order valence-corrected chi connectivity index (χ2v) is 6.41. The van der Waals surface area contributed by atoms with Gasteiger partial charge in [-0.05, 0) is 54.1 Å². The van der Waals surface area contributed by atoms with Gasteiger partial charge in [0.05, 0.1) is 16.7 Å². The summed E-state index contributed by atoms with van der Waals surface area (Å²) in [6, 6.07) is 18.0. The monoisotopic (exact) mass is 423 g/mol. The maximum atomic E-state index is 12.2. The summed E-state index contributed by atoms with van der Waals surface area (Å²) in [6.45, 7) is 0. The Hall–Kier alpha value is -4.04. The van der Waals surface area contributed by atoms with E-state index in [0.29, 0.717) is 21.9 Å². The Bertz CT molecular complexity index is 1110. The van der Waals surface area contributed by atoms with Gasteiger partial charge in [0.15, 0.2) is 0 Å². The first-order valence-electron chi connectivity index (χ1n) is 8.58. The average molecular weight is 424 g/mol. The Morgan fingerprint density at radius 3 is 2.33 bits per heavy atom. The van der Waals surface area contributed by atoms with Crippen LogP contribution in [0.3, 0.4) is 0 Å². The molecule has 3 aromatic carbocycles. The highest BCUT2D eigenvalue weighted by Crippen LogP contribution is 2.16. The zero-order chi connectivity index (χ0) is 21.5. The van der Waals surface area contributed by atoms with Crippen molar-refractivity contribution in [1.29, 1.82) is 0 Å². The third kappa shape index (κ3) is 5.49. The number of hydrogen-bond acceptors (Lipinski definition) is 6. The van der Waals surface area contributed by atoms with Gasteiger partial charge >= 0.3 is 5.97 Å². The molecule has 0 aliphatic heterocycles. The first-order valence-corrected chi connectivity index (χ1v) is 8.96. The van der Waals surface area contributed by atoms with Gasteiger partial charge in [-0.2, -0.15) is 5.10 Å². The van der Waals surface area contributed by atoms with Crippen LogP contribution >= 0.6 is 11.6 Å². The molecule has 3 rings (SSSR count). The van der Waals surface area contributed by atoms with Crippen molar-refractivity contribution < 1.29 is 19.2 Å². The minimum atomic E-state index is -0.549. The van der Waals surface area contributed by atoms with E-state index in [9.17, 15) is 19.7 Å². The molecule has 3 aromatic rings. The molecular weight excluding hydrogens is 410 g/mol. The fourth-order valence-corrected chi connectivity index (χ4v) is 2.50. The van der Waals surface area contributed by atoms with Crippen LogP contribution in [0.4, 0.5) is 5.69 Å². The van der Waals surface area contributed by atoms with Gasteiger partial charge < -0.3 is 4.74 Å². The molecular formula is C21H14ClN3O5. The smallest absolute Gasteiger partial charge is 0.343 e. The highest BCUT2D eigenvalue weighted by atomic mass is 35.5. The van der Waals surface area contributed by atoms with E-state index in [1.807, 2.05) is 0 Å². The molecule has 0 aliphatic rings. The summed E-state index contributed by atoms with van der Waals surface area (Å²) in [7, 11) is 0. The van der Waals surface area contributed by atoms with E-state index in [4.69, 9.17) is 16.3 Å². The van der Waals surface area contributed by atoms with Gasteiger partial charge in [-0.3, -0.25) is 14.9 Å². The molecule has 0 heterocycles. The zero-order valence-electron chi connectivity index (χ0n) is 15.3. The molecule has 8 nitrogen and oxygen atoms in total. The van der Waals surface area contributed by atoms with Crippen molar-refractivity contribution in [2.24, 2.45) is 5.10 Å². The zero-order valence-corrected chi connectivity index (χ0v) is 16.1. The van der Waals surface area contributed by atoms with Crippen molar-refractivity contribution in [2.45, 2.75) is 0 Å². The largest absolute Gasteiger partial charge is 0.423 e. The predicted molar refractivity (Wildman–Crippen MR) is 111 cm³/mol. The normalized spacial score (nSPS) is 10.6. The van der Waals surface area contributed by atoms with Crippen molar-refractivity contribution in [3.05, 3.63) is 105 Å². The van der Waals surface area contributed by atoms with Gasteiger partial charge in [0, 0.05) is 22.7 Å². The van der Waals surface area contributed by atoms with E-state index < -0.39 is 16.8 Å². The van der Waals surface area contributed by atoms with Gasteiger partial charge in [0.2, 0.25) is 0 Å². The minimum Gasteiger partial charge on any atom is -0.423 e. The Balaban J connectivity index is 1.61. The summed E-state index contributed by atoms with van der Waals surface area (Å²) < 4.78 is 5.32. The number of nitrogens with zero attached hydrogens (tertiary/aromatic N) is 2. The number of hydrazone groups is 1. The van der Waals surface area contributed by atoms with E-state index >= 15 is 0 Å². The van der Waals surface area contributed by atoms with Gasteiger partial charge in [-0.15, -0.1) is 0 Å². The minimum absolute atomic E-state index is 0.111. The van der Waals surface area contributed by atoms with E-state index in [1.54, 1.807) is 48.5 Å². The quantitative estimate of drug-likeness (QED) is 0.210. The number of carbonyl (C=O) groups excluding carboxylic acids is 2.